The fraction of sp³-hybridized carbons (Fsp3) is 0.714. The van der Waals surface area contributed by atoms with Gasteiger partial charge in [-0.25, -0.2) is 9.97 Å². The third kappa shape index (κ3) is 3.42. The Morgan fingerprint density at radius 2 is 2.17 bits per heavy atom. The second kappa shape index (κ2) is 6.14. The predicted octanol–water partition coefficient (Wildman–Crippen LogP) is 2.59. The fourth-order valence-electron chi connectivity index (χ4n) is 2.22. The van der Waals surface area contributed by atoms with E-state index in [2.05, 4.69) is 34.2 Å². The van der Waals surface area contributed by atoms with Crippen molar-refractivity contribution in [3.63, 3.8) is 0 Å². The Balaban J connectivity index is 1.99. The van der Waals surface area contributed by atoms with E-state index in [0.717, 1.165) is 42.9 Å². The number of anilines is 1. The van der Waals surface area contributed by atoms with Gasteiger partial charge in [-0.1, -0.05) is 13.3 Å². The molecule has 0 unspecified atom stereocenters. The van der Waals surface area contributed by atoms with Gasteiger partial charge in [0.05, 0.1) is 6.54 Å². The highest BCUT2D eigenvalue weighted by Gasteiger charge is 2.22. The number of rotatable bonds is 6. The SMILES string of the molecule is CCCNc1cc(C)nc(CN(C)C2CCC2)n1. The Hall–Kier alpha value is -1.16. The lowest BCUT2D eigenvalue weighted by atomic mass is 9.92. The van der Waals surface area contributed by atoms with Crippen molar-refractivity contribution >= 4 is 5.82 Å². The first kappa shape index (κ1) is 13.3. The molecule has 0 atom stereocenters. The molecule has 0 aromatic carbocycles. The summed E-state index contributed by atoms with van der Waals surface area (Å²) in [6.07, 6.45) is 5.12. The zero-order chi connectivity index (χ0) is 13.0. The van der Waals surface area contributed by atoms with Crippen molar-refractivity contribution < 1.29 is 0 Å². The average Bonchev–Trinajstić information content (AvgIpc) is 2.22. The van der Waals surface area contributed by atoms with Gasteiger partial charge in [0.2, 0.25) is 0 Å². The van der Waals surface area contributed by atoms with Gasteiger partial charge in [0.25, 0.3) is 0 Å². The Kier molecular flexibility index (Phi) is 4.53. The molecular weight excluding hydrogens is 224 g/mol. The first-order valence-electron chi connectivity index (χ1n) is 6.97. The van der Waals surface area contributed by atoms with Crippen molar-refractivity contribution in [2.75, 3.05) is 18.9 Å². The monoisotopic (exact) mass is 248 g/mol. The quantitative estimate of drug-likeness (QED) is 0.840. The van der Waals surface area contributed by atoms with Crippen molar-refractivity contribution in [1.82, 2.24) is 14.9 Å². The molecule has 4 heteroatoms. The van der Waals surface area contributed by atoms with Crippen molar-refractivity contribution in [3.8, 4) is 0 Å². The lowest BCUT2D eigenvalue weighted by Gasteiger charge is -2.34. The summed E-state index contributed by atoms with van der Waals surface area (Å²) >= 11 is 0. The van der Waals surface area contributed by atoms with Gasteiger partial charge in [-0.15, -0.1) is 0 Å². The Morgan fingerprint density at radius 3 is 2.78 bits per heavy atom. The third-order valence-corrected chi connectivity index (χ3v) is 3.55. The van der Waals surface area contributed by atoms with Crippen molar-refractivity contribution in [3.05, 3.63) is 17.6 Å². The first-order valence-corrected chi connectivity index (χ1v) is 6.97. The number of hydrogen-bond donors (Lipinski definition) is 1. The predicted molar refractivity (Wildman–Crippen MR) is 74.7 cm³/mol. The maximum Gasteiger partial charge on any atom is 0.144 e. The normalized spacial score (nSPS) is 15.8. The van der Waals surface area contributed by atoms with E-state index in [0.29, 0.717) is 0 Å². The van der Waals surface area contributed by atoms with E-state index < -0.39 is 0 Å². The van der Waals surface area contributed by atoms with Crippen LogP contribution in [0.2, 0.25) is 0 Å². The van der Waals surface area contributed by atoms with Crippen LogP contribution in [0.4, 0.5) is 5.82 Å². The van der Waals surface area contributed by atoms with E-state index in [1.54, 1.807) is 0 Å². The number of hydrogen-bond acceptors (Lipinski definition) is 4. The Morgan fingerprint density at radius 1 is 1.39 bits per heavy atom. The molecule has 1 saturated carbocycles. The van der Waals surface area contributed by atoms with Crippen LogP contribution in [0.25, 0.3) is 0 Å². The second-order valence-electron chi connectivity index (χ2n) is 5.24. The first-order chi connectivity index (χ1) is 8.69. The minimum absolute atomic E-state index is 0.737. The van der Waals surface area contributed by atoms with Crippen LogP contribution in [-0.4, -0.2) is 34.5 Å². The molecular formula is C14H24N4. The summed E-state index contributed by atoms with van der Waals surface area (Å²) in [4.78, 5) is 11.5. The van der Waals surface area contributed by atoms with Crippen LogP contribution in [0.15, 0.2) is 6.07 Å². The van der Waals surface area contributed by atoms with E-state index in [-0.39, 0.29) is 0 Å². The average molecular weight is 248 g/mol. The van der Waals surface area contributed by atoms with Gasteiger partial charge in [0.1, 0.15) is 11.6 Å². The van der Waals surface area contributed by atoms with Crippen molar-refractivity contribution in [2.45, 2.75) is 52.1 Å². The molecule has 100 valence electrons. The zero-order valence-corrected chi connectivity index (χ0v) is 11.7. The van der Waals surface area contributed by atoms with Crippen molar-refractivity contribution in [1.29, 1.82) is 0 Å². The van der Waals surface area contributed by atoms with Crippen LogP contribution in [0.3, 0.4) is 0 Å². The molecule has 0 bridgehead atoms. The van der Waals surface area contributed by atoms with E-state index in [1.165, 1.54) is 19.3 Å². The van der Waals surface area contributed by atoms with Crippen LogP contribution < -0.4 is 5.32 Å². The van der Waals surface area contributed by atoms with Gasteiger partial charge in [0.15, 0.2) is 0 Å². The van der Waals surface area contributed by atoms with Crippen LogP contribution >= 0.6 is 0 Å². The molecule has 0 amide bonds. The lowest BCUT2D eigenvalue weighted by Crippen LogP contribution is -2.37. The van der Waals surface area contributed by atoms with Gasteiger partial charge >= 0.3 is 0 Å². The van der Waals surface area contributed by atoms with Crippen LogP contribution in [0.5, 0.6) is 0 Å². The highest BCUT2D eigenvalue weighted by atomic mass is 15.2. The number of aryl methyl sites for hydroxylation is 1. The maximum absolute atomic E-state index is 4.59. The molecule has 1 heterocycles. The molecule has 4 nitrogen and oxygen atoms in total. The molecule has 1 N–H and O–H groups in total. The van der Waals surface area contributed by atoms with E-state index in [1.807, 2.05) is 13.0 Å². The summed E-state index contributed by atoms with van der Waals surface area (Å²) in [5.41, 5.74) is 1.04. The molecule has 0 radical (unpaired) electrons. The summed E-state index contributed by atoms with van der Waals surface area (Å²) in [5, 5.41) is 3.34. The number of nitrogens with zero attached hydrogens (tertiary/aromatic N) is 3. The molecule has 1 aromatic heterocycles. The smallest absolute Gasteiger partial charge is 0.144 e. The van der Waals surface area contributed by atoms with Gasteiger partial charge in [0, 0.05) is 24.3 Å². The Bertz CT molecular complexity index is 387. The number of nitrogens with one attached hydrogen (secondary N) is 1. The highest BCUT2D eigenvalue weighted by molar-refractivity contribution is 5.35. The summed E-state index contributed by atoms with van der Waals surface area (Å²) in [6, 6.07) is 2.75. The summed E-state index contributed by atoms with van der Waals surface area (Å²) < 4.78 is 0. The largest absolute Gasteiger partial charge is 0.370 e. The minimum Gasteiger partial charge on any atom is -0.370 e. The van der Waals surface area contributed by atoms with Gasteiger partial charge < -0.3 is 5.32 Å². The van der Waals surface area contributed by atoms with Gasteiger partial charge in [-0.05, 0) is 33.2 Å². The molecule has 1 aromatic rings. The van der Waals surface area contributed by atoms with Gasteiger partial charge in [-0.3, -0.25) is 4.90 Å². The van der Waals surface area contributed by atoms with Gasteiger partial charge in [-0.2, -0.15) is 0 Å². The molecule has 0 spiro atoms. The lowest BCUT2D eigenvalue weighted by molar-refractivity contribution is 0.149. The molecule has 0 saturated heterocycles. The fourth-order valence-corrected chi connectivity index (χ4v) is 2.22. The molecule has 0 aliphatic heterocycles. The van der Waals surface area contributed by atoms with E-state index >= 15 is 0 Å². The standard InChI is InChI=1S/C14H24N4/c1-4-8-15-13-9-11(2)16-14(17-13)10-18(3)12-6-5-7-12/h9,12H,4-8,10H2,1-3H3,(H,15,16,17). The summed E-state index contributed by atoms with van der Waals surface area (Å²) in [6.45, 7) is 6.01. The van der Waals surface area contributed by atoms with Crippen LogP contribution in [0.1, 0.15) is 44.1 Å². The minimum atomic E-state index is 0.737. The number of aromatic nitrogens is 2. The topological polar surface area (TPSA) is 41.1 Å². The molecule has 1 aliphatic carbocycles. The third-order valence-electron chi connectivity index (χ3n) is 3.55. The zero-order valence-electron chi connectivity index (χ0n) is 11.7. The van der Waals surface area contributed by atoms with E-state index in [9.17, 15) is 0 Å². The summed E-state index contributed by atoms with van der Waals surface area (Å²) in [7, 11) is 2.18. The molecule has 2 rings (SSSR count). The molecule has 18 heavy (non-hydrogen) atoms. The van der Waals surface area contributed by atoms with E-state index in [4.69, 9.17) is 0 Å². The maximum atomic E-state index is 4.59. The summed E-state index contributed by atoms with van der Waals surface area (Å²) in [5.74, 6) is 1.89. The second-order valence-corrected chi connectivity index (χ2v) is 5.24. The van der Waals surface area contributed by atoms with Crippen molar-refractivity contribution in [2.24, 2.45) is 0 Å². The highest BCUT2D eigenvalue weighted by Crippen LogP contribution is 2.24. The van der Waals surface area contributed by atoms with Crippen LogP contribution in [-0.2, 0) is 6.54 Å². The Labute approximate surface area is 110 Å². The molecule has 1 aliphatic rings. The molecule has 1 fully saturated rings. The van der Waals surface area contributed by atoms with Crippen LogP contribution in [0, 0.1) is 6.92 Å².